The Hall–Kier alpha value is -2.23. The molecule has 1 amide bonds. The van der Waals surface area contributed by atoms with Crippen LogP contribution < -0.4 is 10.2 Å². The third-order valence-corrected chi connectivity index (χ3v) is 6.98. The molecule has 0 unspecified atom stereocenters. The molecule has 1 aliphatic rings. The first-order chi connectivity index (χ1) is 13.3. The number of aromatic nitrogens is 2. The van der Waals surface area contributed by atoms with Crippen molar-refractivity contribution < 1.29 is 13.2 Å². The number of nitrogens with one attached hydrogen (secondary N) is 1. The van der Waals surface area contributed by atoms with Gasteiger partial charge < -0.3 is 10.2 Å². The molecule has 1 aliphatic heterocycles. The summed E-state index contributed by atoms with van der Waals surface area (Å²) in [5.41, 5.74) is 0.618. The van der Waals surface area contributed by atoms with Crippen LogP contribution in [0.25, 0.3) is 0 Å². The average molecular weight is 424 g/mol. The van der Waals surface area contributed by atoms with Crippen molar-refractivity contribution in [2.45, 2.75) is 17.7 Å². The Kier molecular flexibility index (Phi) is 6.17. The first-order valence-corrected chi connectivity index (χ1v) is 10.7. The fourth-order valence-electron chi connectivity index (χ4n) is 3.03. The summed E-state index contributed by atoms with van der Waals surface area (Å²) in [5.74, 6) is 0.408. The van der Waals surface area contributed by atoms with Crippen molar-refractivity contribution in [3.8, 4) is 0 Å². The number of pyridine rings is 2. The lowest BCUT2D eigenvalue weighted by molar-refractivity contribution is -0.120. The number of amides is 1. The third-order valence-electron chi connectivity index (χ3n) is 4.64. The van der Waals surface area contributed by atoms with Crippen molar-refractivity contribution >= 4 is 39.0 Å². The molecule has 150 valence electrons. The molecule has 0 aromatic carbocycles. The first-order valence-electron chi connectivity index (χ1n) is 8.84. The summed E-state index contributed by atoms with van der Waals surface area (Å²) >= 11 is 5.94. The molecule has 2 aromatic heterocycles. The maximum Gasteiger partial charge on any atom is 0.246 e. The van der Waals surface area contributed by atoms with E-state index in [2.05, 4.69) is 15.3 Å². The number of nitrogens with zero attached hydrogens (tertiary/aromatic N) is 4. The lowest BCUT2D eigenvalue weighted by Crippen LogP contribution is -2.41. The molecule has 8 nitrogen and oxygen atoms in total. The van der Waals surface area contributed by atoms with Crippen molar-refractivity contribution in [1.82, 2.24) is 14.3 Å². The molecule has 1 N–H and O–H groups in total. The number of hydrogen-bond acceptors (Lipinski definition) is 6. The molecule has 0 saturated carbocycles. The monoisotopic (exact) mass is 423 g/mol. The second-order valence-electron chi connectivity index (χ2n) is 6.76. The van der Waals surface area contributed by atoms with Gasteiger partial charge in [-0.15, -0.1) is 0 Å². The van der Waals surface area contributed by atoms with Gasteiger partial charge in [-0.25, -0.2) is 18.4 Å². The van der Waals surface area contributed by atoms with Crippen molar-refractivity contribution in [2.24, 2.45) is 5.92 Å². The second kappa shape index (κ2) is 8.42. The first kappa shape index (κ1) is 20.5. The van der Waals surface area contributed by atoms with E-state index in [0.717, 1.165) is 5.82 Å². The number of piperidine rings is 1. The van der Waals surface area contributed by atoms with E-state index >= 15 is 0 Å². The summed E-state index contributed by atoms with van der Waals surface area (Å²) < 4.78 is 26.9. The van der Waals surface area contributed by atoms with Crippen molar-refractivity contribution in [1.29, 1.82) is 0 Å². The average Bonchev–Trinajstić information content (AvgIpc) is 2.68. The van der Waals surface area contributed by atoms with Gasteiger partial charge in [-0.3, -0.25) is 4.79 Å². The molecule has 10 heteroatoms. The molecule has 0 bridgehead atoms. The zero-order valence-corrected chi connectivity index (χ0v) is 17.2. The van der Waals surface area contributed by atoms with Gasteiger partial charge in [0.1, 0.15) is 15.9 Å². The third kappa shape index (κ3) is 4.43. The Bertz CT molecular complexity index is 942. The van der Waals surface area contributed by atoms with E-state index in [1.54, 1.807) is 12.3 Å². The van der Waals surface area contributed by atoms with E-state index in [1.165, 1.54) is 22.6 Å². The van der Waals surface area contributed by atoms with E-state index in [1.807, 2.05) is 25.1 Å². The fraction of sp³-hybridized carbons (Fsp3) is 0.389. The number of sulfonamides is 1. The molecule has 0 radical (unpaired) electrons. The Balaban J connectivity index is 1.60. The van der Waals surface area contributed by atoms with Crippen LogP contribution >= 0.6 is 11.6 Å². The molecule has 28 heavy (non-hydrogen) atoms. The van der Waals surface area contributed by atoms with Crippen LogP contribution in [0.4, 0.5) is 11.5 Å². The van der Waals surface area contributed by atoms with Gasteiger partial charge in [0.25, 0.3) is 0 Å². The summed E-state index contributed by atoms with van der Waals surface area (Å²) in [5, 5.41) is 2.81. The summed E-state index contributed by atoms with van der Waals surface area (Å²) in [6.07, 6.45) is 3.92. The topological polar surface area (TPSA) is 95.5 Å². The predicted octanol–water partition coefficient (Wildman–Crippen LogP) is 2.24. The lowest BCUT2D eigenvalue weighted by atomic mass is 9.97. The molecule has 0 atom stereocenters. The van der Waals surface area contributed by atoms with E-state index in [0.29, 0.717) is 18.5 Å². The minimum Gasteiger partial charge on any atom is -0.363 e. The van der Waals surface area contributed by atoms with Crippen molar-refractivity contribution in [2.75, 3.05) is 37.4 Å². The molecule has 2 aromatic rings. The molecule has 0 aliphatic carbocycles. The molecular weight excluding hydrogens is 402 g/mol. The van der Waals surface area contributed by atoms with Gasteiger partial charge in [0.05, 0.1) is 11.9 Å². The highest BCUT2D eigenvalue weighted by molar-refractivity contribution is 7.89. The zero-order valence-electron chi connectivity index (χ0n) is 15.7. The number of anilines is 2. The van der Waals surface area contributed by atoms with Crippen LogP contribution in [-0.4, -0.2) is 55.8 Å². The van der Waals surface area contributed by atoms with Gasteiger partial charge >= 0.3 is 0 Å². The smallest absolute Gasteiger partial charge is 0.246 e. The summed E-state index contributed by atoms with van der Waals surface area (Å²) in [6, 6.07) is 6.59. The molecule has 1 saturated heterocycles. The van der Waals surface area contributed by atoms with E-state index in [9.17, 15) is 13.2 Å². The minimum atomic E-state index is -3.72. The molecule has 3 heterocycles. The van der Waals surface area contributed by atoms with Crippen LogP contribution in [0.15, 0.2) is 41.6 Å². The number of carbonyl (C=O) groups excluding carboxylic acids is 1. The number of carbonyl (C=O) groups is 1. The lowest BCUT2D eigenvalue weighted by Gasteiger charge is -2.30. The molecule has 3 rings (SSSR count). The maximum atomic E-state index is 12.8. The van der Waals surface area contributed by atoms with Crippen molar-refractivity contribution in [3.63, 3.8) is 0 Å². The van der Waals surface area contributed by atoms with Gasteiger partial charge in [0, 0.05) is 39.3 Å². The van der Waals surface area contributed by atoms with E-state index in [-0.39, 0.29) is 35.0 Å². The Morgan fingerprint density at radius 2 is 1.93 bits per heavy atom. The predicted molar refractivity (Wildman–Crippen MR) is 108 cm³/mol. The summed E-state index contributed by atoms with van der Waals surface area (Å²) in [7, 11) is 0.0588. The normalized spacial score (nSPS) is 16.0. The minimum absolute atomic E-state index is 0.00776. The molecule has 0 spiro atoms. The highest BCUT2D eigenvalue weighted by atomic mass is 35.5. The Morgan fingerprint density at radius 3 is 2.50 bits per heavy atom. The van der Waals surface area contributed by atoms with Crippen LogP contribution in [0, 0.1) is 5.92 Å². The van der Waals surface area contributed by atoms with Gasteiger partial charge in [-0.05, 0) is 37.1 Å². The number of halogens is 1. The van der Waals surface area contributed by atoms with Crippen LogP contribution in [0.5, 0.6) is 0 Å². The highest BCUT2D eigenvalue weighted by Crippen LogP contribution is 2.27. The van der Waals surface area contributed by atoms with Gasteiger partial charge in [-0.1, -0.05) is 11.6 Å². The molecular formula is C18H22ClN5O3S. The zero-order chi connectivity index (χ0) is 20.3. The van der Waals surface area contributed by atoms with Crippen molar-refractivity contribution in [3.05, 3.63) is 41.8 Å². The SMILES string of the molecule is CN(C)c1ccc(NC(=O)C2CCN(S(=O)(=O)c3cccnc3Cl)CC2)cn1. The summed E-state index contributed by atoms with van der Waals surface area (Å²) in [4.78, 5) is 22.5. The highest BCUT2D eigenvalue weighted by Gasteiger charge is 2.33. The van der Waals surface area contributed by atoms with Gasteiger partial charge in [0.2, 0.25) is 15.9 Å². The van der Waals surface area contributed by atoms with Gasteiger partial charge in [0.15, 0.2) is 0 Å². The number of rotatable bonds is 5. The largest absolute Gasteiger partial charge is 0.363 e. The van der Waals surface area contributed by atoms with E-state index in [4.69, 9.17) is 11.6 Å². The molecule has 1 fully saturated rings. The maximum absolute atomic E-state index is 12.8. The van der Waals surface area contributed by atoms with Crippen LogP contribution in [0.2, 0.25) is 5.15 Å². The fourth-order valence-corrected chi connectivity index (χ4v) is 4.93. The van der Waals surface area contributed by atoms with Crippen LogP contribution in [0.1, 0.15) is 12.8 Å². The standard InChI is InChI=1S/C18H22ClN5O3S/c1-23(2)16-6-5-14(12-21-16)22-18(25)13-7-10-24(11-8-13)28(26,27)15-4-3-9-20-17(15)19/h3-6,9,12-13H,7-8,10-11H2,1-2H3,(H,22,25). The Morgan fingerprint density at radius 1 is 1.21 bits per heavy atom. The quantitative estimate of drug-likeness (QED) is 0.741. The number of hydrogen-bond donors (Lipinski definition) is 1. The van der Waals surface area contributed by atoms with E-state index < -0.39 is 10.0 Å². The second-order valence-corrected chi connectivity index (χ2v) is 9.02. The van der Waals surface area contributed by atoms with Crippen LogP contribution in [-0.2, 0) is 14.8 Å². The Labute approximate surface area is 169 Å². The van der Waals surface area contributed by atoms with Gasteiger partial charge in [-0.2, -0.15) is 4.31 Å². The summed E-state index contributed by atoms with van der Waals surface area (Å²) in [6.45, 7) is 0.507. The van der Waals surface area contributed by atoms with Crippen LogP contribution in [0.3, 0.4) is 0 Å².